The number of nitrogens with one attached hydrogen (secondary N) is 1. The average molecular weight is 394 g/mol. The molecule has 132 valence electrons. The van der Waals surface area contributed by atoms with Crippen LogP contribution in [0.15, 0.2) is 48.5 Å². The Morgan fingerprint density at radius 2 is 1.56 bits per heavy atom. The van der Waals surface area contributed by atoms with Gasteiger partial charge in [0, 0.05) is 54.9 Å². The van der Waals surface area contributed by atoms with Crippen LogP contribution in [0.2, 0.25) is 10.0 Å². The first-order valence-electron chi connectivity index (χ1n) is 8.35. The first-order chi connectivity index (χ1) is 12.1. The summed E-state index contributed by atoms with van der Waals surface area (Å²) in [6, 6.07) is 16.0. The van der Waals surface area contributed by atoms with Crippen molar-refractivity contribution in [1.29, 1.82) is 0 Å². The van der Waals surface area contributed by atoms with Crippen LogP contribution >= 0.6 is 35.4 Å². The van der Waals surface area contributed by atoms with Gasteiger partial charge in [0.05, 0.1) is 0 Å². The second kappa shape index (κ2) is 8.86. The standard InChI is InChI=1S/C19H21Cl2N3S/c20-17-7-4-8-18(21)16(17)14-23-9-11-24(12-10-23)19(25)22-13-15-5-2-1-3-6-15/h1-8H,9-14H2,(H,22,25). The van der Waals surface area contributed by atoms with Crippen LogP contribution in [0.25, 0.3) is 0 Å². The Morgan fingerprint density at radius 1 is 0.920 bits per heavy atom. The smallest absolute Gasteiger partial charge is 0.169 e. The molecular formula is C19H21Cl2N3S. The van der Waals surface area contributed by atoms with E-state index in [1.54, 1.807) is 0 Å². The van der Waals surface area contributed by atoms with Crippen LogP contribution in [0.3, 0.4) is 0 Å². The van der Waals surface area contributed by atoms with Gasteiger partial charge in [-0.1, -0.05) is 59.6 Å². The lowest BCUT2D eigenvalue weighted by Crippen LogP contribution is -2.51. The van der Waals surface area contributed by atoms with E-state index in [9.17, 15) is 0 Å². The third kappa shape index (κ3) is 5.08. The Hall–Kier alpha value is -1.33. The van der Waals surface area contributed by atoms with E-state index in [0.717, 1.165) is 60.0 Å². The van der Waals surface area contributed by atoms with Crippen LogP contribution < -0.4 is 5.32 Å². The van der Waals surface area contributed by atoms with E-state index in [2.05, 4.69) is 27.2 Å². The molecule has 3 nitrogen and oxygen atoms in total. The van der Waals surface area contributed by atoms with Crippen molar-refractivity contribution in [2.24, 2.45) is 0 Å². The van der Waals surface area contributed by atoms with Gasteiger partial charge in [-0.3, -0.25) is 4.90 Å². The van der Waals surface area contributed by atoms with Crippen molar-refractivity contribution in [3.8, 4) is 0 Å². The zero-order valence-corrected chi connectivity index (χ0v) is 16.2. The van der Waals surface area contributed by atoms with Crippen LogP contribution in [-0.2, 0) is 13.1 Å². The monoisotopic (exact) mass is 393 g/mol. The Kier molecular flexibility index (Phi) is 6.54. The van der Waals surface area contributed by atoms with Crippen molar-refractivity contribution < 1.29 is 0 Å². The molecule has 1 aliphatic heterocycles. The number of rotatable bonds is 4. The molecule has 1 saturated heterocycles. The molecule has 0 atom stereocenters. The molecule has 1 fully saturated rings. The van der Waals surface area contributed by atoms with Crippen LogP contribution in [0.5, 0.6) is 0 Å². The number of nitrogens with zero attached hydrogens (tertiary/aromatic N) is 2. The normalized spacial score (nSPS) is 15.2. The summed E-state index contributed by atoms with van der Waals surface area (Å²) in [7, 11) is 0. The van der Waals surface area contributed by atoms with Gasteiger partial charge in [-0.05, 0) is 29.9 Å². The van der Waals surface area contributed by atoms with Gasteiger partial charge in [0.25, 0.3) is 0 Å². The summed E-state index contributed by atoms with van der Waals surface area (Å²) in [4.78, 5) is 4.59. The lowest BCUT2D eigenvalue weighted by Gasteiger charge is -2.36. The highest BCUT2D eigenvalue weighted by Crippen LogP contribution is 2.26. The van der Waals surface area contributed by atoms with E-state index in [4.69, 9.17) is 35.4 Å². The van der Waals surface area contributed by atoms with E-state index >= 15 is 0 Å². The number of piperazine rings is 1. The predicted octanol–water partition coefficient (Wildman–Crippen LogP) is 4.19. The Labute approximate surface area is 164 Å². The van der Waals surface area contributed by atoms with Crippen LogP contribution in [0.1, 0.15) is 11.1 Å². The summed E-state index contributed by atoms with van der Waals surface area (Å²) in [6.07, 6.45) is 0. The molecule has 3 rings (SSSR count). The molecule has 0 saturated carbocycles. The maximum Gasteiger partial charge on any atom is 0.169 e. The van der Waals surface area contributed by atoms with E-state index in [1.165, 1.54) is 5.56 Å². The lowest BCUT2D eigenvalue weighted by molar-refractivity contribution is 0.174. The van der Waals surface area contributed by atoms with Crippen LogP contribution in [0.4, 0.5) is 0 Å². The molecule has 1 N–H and O–H groups in total. The minimum atomic E-state index is 0.731. The third-order valence-corrected chi connectivity index (χ3v) is 5.50. The fraction of sp³-hybridized carbons (Fsp3) is 0.316. The molecule has 6 heteroatoms. The first-order valence-corrected chi connectivity index (χ1v) is 9.52. The molecule has 0 amide bonds. The molecule has 1 heterocycles. The van der Waals surface area contributed by atoms with E-state index in [-0.39, 0.29) is 0 Å². The fourth-order valence-electron chi connectivity index (χ4n) is 2.90. The van der Waals surface area contributed by atoms with Crippen molar-refractivity contribution in [2.75, 3.05) is 26.2 Å². The number of benzene rings is 2. The van der Waals surface area contributed by atoms with Gasteiger partial charge < -0.3 is 10.2 Å². The summed E-state index contributed by atoms with van der Waals surface area (Å²) in [5, 5.41) is 5.63. The summed E-state index contributed by atoms with van der Waals surface area (Å²) in [5.41, 5.74) is 2.24. The van der Waals surface area contributed by atoms with E-state index in [0.29, 0.717) is 0 Å². The molecule has 2 aromatic rings. The van der Waals surface area contributed by atoms with Crippen molar-refractivity contribution in [2.45, 2.75) is 13.1 Å². The number of hydrogen-bond acceptors (Lipinski definition) is 2. The minimum Gasteiger partial charge on any atom is -0.358 e. The van der Waals surface area contributed by atoms with Crippen molar-refractivity contribution in [3.63, 3.8) is 0 Å². The van der Waals surface area contributed by atoms with Gasteiger partial charge >= 0.3 is 0 Å². The zero-order valence-electron chi connectivity index (χ0n) is 13.9. The number of thiocarbonyl (C=S) groups is 1. The molecule has 2 aromatic carbocycles. The van der Waals surface area contributed by atoms with Gasteiger partial charge in [-0.15, -0.1) is 0 Å². The molecular weight excluding hydrogens is 373 g/mol. The van der Waals surface area contributed by atoms with Gasteiger partial charge in [0.15, 0.2) is 5.11 Å². The predicted molar refractivity (Wildman–Crippen MR) is 109 cm³/mol. The Bertz CT molecular complexity index is 696. The largest absolute Gasteiger partial charge is 0.358 e. The highest BCUT2D eigenvalue weighted by atomic mass is 35.5. The molecule has 25 heavy (non-hydrogen) atoms. The third-order valence-electron chi connectivity index (χ3n) is 4.39. The highest BCUT2D eigenvalue weighted by molar-refractivity contribution is 7.80. The molecule has 0 aliphatic carbocycles. The summed E-state index contributed by atoms with van der Waals surface area (Å²) < 4.78 is 0. The average Bonchev–Trinajstić information content (AvgIpc) is 2.64. The molecule has 0 spiro atoms. The number of halogens is 2. The van der Waals surface area contributed by atoms with Gasteiger partial charge in [-0.2, -0.15) is 0 Å². The summed E-state index contributed by atoms with van der Waals surface area (Å²) in [6.45, 7) is 5.22. The molecule has 0 aromatic heterocycles. The maximum atomic E-state index is 6.28. The number of hydrogen-bond donors (Lipinski definition) is 1. The van der Waals surface area contributed by atoms with Crippen molar-refractivity contribution in [3.05, 3.63) is 69.7 Å². The molecule has 1 aliphatic rings. The summed E-state index contributed by atoms with van der Waals surface area (Å²) in [5.74, 6) is 0. The lowest BCUT2D eigenvalue weighted by atomic mass is 10.2. The van der Waals surface area contributed by atoms with Gasteiger partial charge in [0.2, 0.25) is 0 Å². The van der Waals surface area contributed by atoms with Crippen molar-refractivity contribution >= 4 is 40.5 Å². The van der Waals surface area contributed by atoms with E-state index < -0.39 is 0 Å². The van der Waals surface area contributed by atoms with Gasteiger partial charge in [0.1, 0.15) is 0 Å². The van der Waals surface area contributed by atoms with Crippen LogP contribution in [-0.4, -0.2) is 41.1 Å². The van der Waals surface area contributed by atoms with Crippen molar-refractivity contribution in [1.82, 2.24) is 15.1 Å². The Morgan fingerprint density at radius 3 is 2.20 bits per heavy atom. The highest BCUT2D eigenvalue weighted by Gasteiger charge is 2.20. The second-order valence-electron chi connectivity index (χ2n) is 6.11. The topological polar surface area (TPSA) is 18.5 Å². The molecule has 0 unspecified atom stereocenters. The zero-order chi connectivity index (χ0) is 17.6. The SMILES string of the molecule is S=C(NCc1ccccc1)N1CCN(Cc2c(Cl)cccc2Cl)CC1. The van der Waals surface area contributed by atoms with E-state index in [1.807, 2.05) is 36.4 Å². The van der Waals surface area contributed by atoms with Crippen LogP contribution in [0, 0.1) is 0 Å². The fourth-order valence-corrected chi connectivity index (χ4v) is 3.67. The summed E-state index contributed by atoms with van der Waals surface area (Å²) >= 11 is 18.1. The minimum absolute atomic E-state index is 0.731. The Balaban J connectivity index is 1.47. The second-order valence-corrected chi connectivity index (χ2v) is 7.31. The molecule has 0 bridgehead atoms. The van der Waals surface area contributed by atoms with Gasteiger partial charge in [-0.25, -0.2) is 0 Å². The quantitative estimate of drug-likeness (QED) is 0.784. The molecule has 0 radical (unpaired) electrons. The first kappa shape index (κ1) is 18.5. The maximum absolute atomic E-state index is 6.28.